The van der Waals surface area contributed by atoms with Crippen LogP contribution in [0.1, 0.15) is 43.4 Å². The van der Waals surface area contributed by atoms with Crippen LogP contribution in [0.5, 0.6) is 0 Å². The van der Waals surface area contributed by atoms with Crippen LogP contribution in [-0.4, -0.2) is 26.9 Å². The number of nitrogens with zero attached hydrogens (tertiary/aromatic N) is 1. The normalized spacial score (nSPS) is 12.5. The summed E-state index contributed by atoms with van der Waals surface area (Å²) < 4.78 is 27.9. The molecule has 0 aliphatic rings. The zero-order chi connectivity index (χ0) is 20.9. The number of hydrogen-bond donors (Lipinski definition) is 1. The monoisotopic (exact) mass is 402 g/mol. The van der Waals surface area contributed by atoms with E-state index in [9.17, 15) is 13.2 Å². The molecule has 2 aromatic rings. The third kappa shape index (κ3) is 5.58. The zero-order valence-corrected chi connectivity index (χ0v) is 18.1. The maximum Gasteiger partial charge on any atom is 0.264 e. The fourth-order valence-corrected chi connectivity index (χ4v) is 4.61. The van der Waals surface area contributed by atoms with Crippen LogP contribution in [0.2, 0.25) is 0 Å². The minimum absolute atomic E-state index is 0.000625. The van der Waals surface area contributed by atoms with E-state index in [1.54, 1.807) is 36.4 Å². The third-order valence-electron chi connectivity index (χ3n) is 4.52. The van der Waals surface area contributed by atoms with Crippen molar-refractivity contribution in [3.8, 4) is 0 Å². The van der Waals surface area contributed by atoms with Crippen molar-refractivity contribution in [1.29, 1.82) is 0 Å². The Morgan fingerprint density at radius 2 is 1.57 bits per heavy atom. The maximum atomic E-state index is 13.4. The summed E-state index contributed by atoms with van der Waals surface area (Å²) in [6, 6.07) is 12.2. The van der Waals surface area contributed by atoms with Gasteiger partial charge in [0.25, 0.3) is 10.0 Å². The van der Waals surface area contributed by atoms with Crippen LogP contribution >= 0.6 is 0 Å². The smallest absolute Gasteiger partial charge is 0.264 e. The molecule has 0 spiro atoms. The number of carbonyl (C=O) groups excluding carboxylic acids is 1. The highest BCUT2D eigenvalue weighted by Crippen LogP contribution is 2.26. The Morgan fingerprint density at radius 1 is 1.00 bits per heavy atom. The highest BCUT2D eigenvalue weighted by molar-refractivity contribution is 7.92. The van der Waals surface area contributed by atoms with Gasteiger partial charge in [-0.15, -0.1) is 0 Å². The van der Waals surface area contributed by atoms with E-state index in [1.165, 1.54) is 4.31 Å². The van der Waals surface area contributed by atoms with Crippen molar-refractivity contribution < 1.29 is 13.2 Å². The number of nitrogens with one attached hydrogen (secondary N) is 1. The first kappa shape index (κ1) is 22.0. The lowest BCUT2D eigenvalue weighted by Gasteiger charge is -2.26. The second-order valence-corrected chi connectivity index (χ2v) is 9.29. The summed E-state index contributed by atoms with van der Waals surface area (Å²) in [7, 11) is -3.88. The number of amides is 1. The number of aryl methyl sites for hydroxylation is 3. The number of carbonyl (C=O) groups is 1. The van der Waals surface area contributed by atoms with Crippen LogP contribution in [0, 0.1) is 20.8 Å². The molecule has 0 heterocycles. The lowest BCUT2D eigenvalue weighted by molar-refractivity contribution is -0.120. The van der Waals surface area contributed by atoms with Gasteiger partial charge in [0.1, 0.15) is 6.54 Å². The molecule has 0 aliphatic heterocycles. The van der Waals surface area contributed by atoms with Crippen LogP contribution < -0.4 is 9.62 Å². The van der Waals surface area contributed by atoms with E-state index in [0.29, 0.717) is 5.69 Å². The summed E-state index contributed by atoms with van der Waals surface area (Å²) in [6.07, 6.45) is 1.80. The molecule has 1 N–H and O–H groups in total. The van der Waals surface area contributed by atoms with Crippen molar-refractivity contribution in [2.24, 2.45) is 0 Å². The minimum Gasteiger partial charge on any atom is -0.352 e. The van der Waals surface area contributed by atoms with Gasteiger partial charge in [0.2, 0.25) is 5.91 Å². The van der Waals surface area contributed by atoms with Crippen LogP contribution in [0.3, 0.4) is 0 Å². The molecule has 0 aliphatic carbocycles. The number of benzene rings is 2. The molecule has 0 bridgehead atoms. The van der Waals surface area contributed by atoms with Crippen LogP contribution in [0.15, 0.2) is 47.4 Å². The molecule has 0 aromatic heterocycles. The number of rotatable bonds is 8. The second-order valence-electron chi connectivity index (χ2n) is 7.43. The fourth-order valence-electron chi connectivity index (χ4n) is 3.20. The molecule has 5 nitrogen and oxygen atoms in total. The number of hydrogen-bond acceptors (Lipinski definition) is 3. The molecular formula is C22H30N2O3S. The number of sulfonamides is 1. The molecule has 2 aromatic carbocycles. The summed E-state index contributed by atoms with van der Waals surface area (Å²) in [5.74, 6) is -0.309. The van der Waals surface area contributed by atoms with Gasteiger partial charge in [0.05, 0.1) is 10.6 Å². The molecule has 2 rings (SSSR count). The zero-order valence-electron chi connectivity index (χ0n) is 17.3. The van der Waals surface area contributed by atoms with E-state index in [2.05, 4.69) is 5.32 Å². The van der Waals surface area contributed by atoms with Crippen molar-refractivity contribution >= 4 is 21.6 Å². The van der Waals surface area contributed by atoms with E-state index < -0.39 is 10.0 Å². The van der Waals surface area contributed by atoms with Gasteiger partial charge in [-0.05, 0) is 69.5 Å². The van der Waals surface area contributed by atoms with Crippen LogP contribution in [-0.2, 0) is 14.8 Å². The fraction of sp³-hybridized carbons (Fsp3) is 0.409. The van der Waals surface area contributed by atoms with E-state index in [4.69, 9.17) is 0 Å². The van der Waals surface area contributed by atoms with Crippen LogP contribution in [0.25, 0.3) is 0 Å². The first-order valence-corrected chi connectivity index (χ1v) is 11.0. The van der Waals surface area contributed by atoms with Gasteiger partial charge in [-0.25, -0.2) is 8.42 Å². The van der Waals surface area contributed by atoms with E-state index in [1.807, 2.05) is 40.7 Å². The average molecular weight is 403 g/mol. The third-order valence-corrected chi connectivity index (χ3v) is 6.31. The maximum absolute atomic E-state index is 13.4. The molecular weight excluding hydrogens is 372 g/mol. The van der Waals surface area contributed by atoms with Gasteiger partial charge in [-0.2, -0.15) is 0 Å². The van der Waals surface area contributed by atoms with E-state index >= 15 is 0 Å². The van der Waals surface area contributed by atoms with Crippen LogP contribution in [0.4, 0.5) is 5.69 Å². The molecule has 152 valence electrons. The van der Waals surface area contributed by atoms with Crippen molar-refractivity contribution in [3.63, 3.8) is 0 Å². The van der Waals surface area contributed by atoms with Crippen molar-refractivity contribution in [3.05, 3.63) is 59.2 Å². The Labute approximate surface area is 168 Å². The molecule has 1 amide bonds. The van der Waals surface area contributed by atoms with Gasteiger partial charge in [0, 0.05) is 6.04 Å². The summed E-state index contributed by atoms with van der Waals surface area (Å²) in [4.78, 5) is 12.8. The highest BCUT2D eigenvalue weighted by atomic mass is 32.2. The molecule has 0 saturated heterocycles. The van der Waals surface area contributed by atoms with Gasteiger partial charge in [-0.3, -0.25) is 9.10 Å². The highest BCUT2D eigenvalue weighted by Gasteiger charge is 2.27. The molecule has 1 atom stereocenters. The second kappa shape index (κ2) is 9.24. The predicted molar refractivity (Wildman–Crippen MR) is 114 cm³/mol. The Kier molecular flexibility index (Phi) is 7.24. The summed E-state index contributed by atoms with van der Waals surface area (Å²) in [5.41, 5.74) is 3.36. The Bertz CT molecular complexity index is 901. The van der Waals surface area contributed by atoms with Gasteiger partial charge >= 0.3 is 0 Å². The topological polar surface area (TPSA) is 66.5 Å². The largest absolute Gasteiger partial charge is 0.352 e. The number of anilines is 1. The first-order valence-electron chi connectivity index (χ1n) is 9.60. The Balaban J connectivity index is 2.43. The van der Waals surface area contributed by atoms with Crippen molar-refractivity contribution in [1.82, 2.24) is 5.32 Å². The van der Waals surface area contributed by atoms with Gasteiger partial charge < -0.3 is 5.32 Å². The quantitative estimate of drug-likeness (QED) is 0.722. The van der Waals surface area contributed by atoms with Crippen molar-refractivity contribution in [2.75, 3.05) is 10.8 Å². The standard InChI is InChI=1S/C22H30N2O3S/c1-6-7-19(5)23-22(25)15-24(20-13-17(3)12-18(4)14-20)28(26,27)21-10-8-16(2)9-11-21/h8-14,19H,6-7,15H2,1-5H3,(H,23,25)/t19-/m0/s1. The van der Waals surface area contributed by atoms with E-state index in [-0.39, 0.29) is 23.4 Å². The lowest BCUT2D eigenvalue weighted by Crippen LogP contribution is -2.43. The minimum atomic E-state index is -3.88. The molecule has 0 radical (unpaired) electrons. The van der Waals surface area contributed by atoms with Gasteiger partial charge in [-0.1, -0.05) is 37.1 Å². The molecule has 28 heavy (non-hydrogen) atoms. The SMILES string of the molecule is CCC[C@H](C)NC(=O)CN(c1cc(C)cc(C)c1)S(=O)(=O)c1ccc(C)cc1. The molecule has 0 saturated carbocycles. The van der Waals surface area contributed by atoms with E-state index in [0.717, 1.165) is 29.5 Å². The summed E-state index contributed by atoms with van der Waals surface area (Å²) in [6.45, 7) is 9.45. The van der Waals surface area contributed by atoms with Gasteiger partial charge in [0.15, 0.2) is 0 Å². The predicted octanol–water partition coefficient (Wildman–Crippen LogP) is 4.11. The first-order chi connectivity index (χ1) is 13.1. The Morgan fingerprint density at radius 3 is 2.11 bits per heavy atom. The van der Waals surface area contributed by atoms with Crippen molar-refractivity contribution in [2.45, 2.75) is 58.4 Å². The average Bonchev–Trinajstić information content (AvgIpc) is 2.59. The molecule has 0 fully saturated rings. The molecule has 0 unspecified atom stereocenters. The summed E-state index contributed by atoms with van der Waals surface area (Å²) in [5, 5.41) is 2.90. The Hall–Kier alpha value is -2.34. The lowest BCUT2D eigenvalue weighted by atomic mass is 10.1. The summed E-state index contributed by atoms with van der Waals surface area (Å²) >= 11 is 0. The molecule has 6 heteroatoms.